The molecular formula is C15H21BrN2O2. The lowest BCUT2D eigenvalue weighted by Crippen LogP contribution is -2.52. The fraction of sp³-hybridized carbons (Fsp3) is 0.533. The molecule has 0 aliphatic carbocycles. The molecule has 1 heterocycles. The maximum atomic E-state index is 12.1. The van der Waals surface area contributed by atoms with Crippen LogP contribution >= 0.6 is 15.9 Å². The van der Waals surface area contributed by atoms with Gasteiger partial charge in [-0.25, -0.2) is 0 Å². The van der Waals surface area contributed by atoms with E-state index in [1.54, 1.807) is 0 Å². The molecule has 0 radical (unpaired) electrons. The van der Waals surface area contributed by atoms with Crippen molar-refractivity contribution in [2.45, 2.75) is 26.3 Å². The Hall–Kier alpha value is -1.07. The van der Waals surface area contributed by atoms with Crippen molar-refractivity contribution in [1.29, 1.82) is 0 Å². The van der Waals surface area contributed by atoms with Gasteiger partial charge in [0.2, 0.25) is 5.91 Å². The average molecular weight is 341 g/mol. The number of hydrogen-bond acceptors (Lipinski definition) is 3. The van der Waals surface area contributed by atoms with Gasteiger partial charge in [0.05, 0.1) is 17.5 Å². The number of nitrogens with one attached hydrogen (secondary N) is 1. The van der Waals surface area contributed by atoms with E-state index < -0.39 is 0 Å². The topological polar surface area (TPSA) is 41.6 Å². The van der Waals surface area contributed by atoms with Crippen LogP contribution in [0.3, 0.4) is 0 Å². The average Bonchev–Trinajstić information content (AvgIpc) is 2.41. The number of hydrogen-bond donors (Lipinski definition) is 1. The third kappa shape index (κ3) is 3.96. The molecule has 1 saturated heterocycles. The minimum atomic E-state index is 0.169. The highest BCUT2D eigenvalue weighted by Gasteiger charge is 2.22. The number of aryl methyl sites for hydroxylation is 1. The number of piperazine rings is 1. The first-order chi connectivity index (χ1) is 9.58. The molecule has 1 aliphatic rings. The highest BCUT2D eigenvalue weighted by Crippen LogP contribution is 2.25. The number of amides is 1. The first kappa shape index (κ1) is 15.3. The van der Waals surface area contributed by atoms with Crippen molar-refractivity contribution in [3.8, 4) is 5.75 Å². The van der Waals surface area contributed by atoms with Crippen LogP contribution < -0.4 is 10.1 Å². The number of benzene rings is 1. The summed E-state index contributed by atoms with van der Waals surface area (Å²) in [4.78, 5) is 14.1. The molecule has 2 rings (SSSR count). The van der Waals surface area contributed by atoms with Crippen molar-refractivity contribution >= 4 is 21.8 Å². The molecule has 110 valence electrons. The molecule has 1 atom stereocenters. The number of rotatable bonds is 4. The predicted molar refractivity (Wildman–Crippen MR) is 83.0 cm³/mol. The Balaban J connectivity index is 1.81. The molecule has 1 aromatic rings. The van der Waals surface area contributed by atoms with Gasteiger partial charge in [-0.05, 0) is 47.5 Å². The molecule has 1 aromatic carbocycles. The smallest absolute Gasteiger partial charge is 0.226 e. The minimum Gasteiger partial charge on any atom is -0.492 e. The van der Waals surface area contributed by atoms with E-state index in [-0.39, 0.29) is 11.9 Å². The van der Waals surface area contributed by atoms with Gasteiger partial charge < -0.3 is 15.0 Å². The second-order valence-corrected chi connectivity index (χ2v) is 6.03. The molecule has 1 fully saturated rings. The Morgan fingerprint density at radius 2 is 2.35 bits per heavy atom. The number of ether oxygens (including phenoxy) is 1. The molecule has 1 unspecified atom stereocenters. The summed E-state index contributed by atoms with van der Waals surface area (Å²) < 4.78 is 6.61. The first-order valence-corrected chi connectivity index (χ1v) is 7.76. The van der Waals surface area contributed by atoms with E-state index >= 15 is 0 Å². The number of halogens is 1. The molecule has 0 saturated carbocycles. The van der Waals surface area contributed by atoms with Crippen LogP contribution in [0.1, 0.15) is 18.9 Å². The van der Waals surface area contributed by atoms with E-state index in [1.165, 1.54) is 5.56 Å². The monoisotopic (exact) mass is 340 g/mol. The van der Waals surface area contributed by atoms with Crippen LogP contribution in [0, 0.1) is 6.92 Å². The van der Waals surface area contributed by atoms with Gasteiger partial charge in [-0.15, -0.1) is 0 Å². The molecule has 1 amide bonds. The number of carbonyl (C=O) groups is 1. The lowest BCUT2D eigenvalue weighted by molar-refractivity contribution is -0.134. The van der Waals surface area contributed by atoms with Crippen molar-refractivity contribution in [2.24, 2.45) is 0 Å². The minimum absolute atomic E-state index is 0.169. The van der Waals surface area contributed by atoms with Crippen LogP contribution in [0.15, 0.2) is 22.7 Å². The van der Waals surface area contributed by atoms with E-state index in [9.17, 15) is 4.79 Å². The zero-order chi connectivity index (χ0) is 14.5. The van der Waals surface area contributed by atoms with Gasteiger partial charge in [-0.1, -0.05) is 6.07 Å². The summed E-state index contributed by atoms with van der Waals surface area (Å²) >= 11 is 3.47. The molecule has 0 spiro atoms. The Morgan fingerprint density at radius 3 is 3.05 bits per heavy atom. The van der Waals surface area contributed by atoms with Gasteiger partial charge in [0, 0.05) is 25.7 Å². The third-order valence-corrected chi connectivity index (χ3v) is 4.10. The molecule has 1 N–H and O–H groups in total. The Kier molecular flexibility index (Phi) is 5.43. The van der Waals surface area contributed by atoms with Crippen LogP contribution in [0.4, 0.5) is 0 Å². The van der Waals surface area contributed by atoms with Gasteiger partial charge in [-0.3, -0.25) is 4.79 Å². The highest BCUT2D eigenvalue weighted by molar-refractivity contribution is 9.10. The summed E-state index contributed by atoms with van der Waals surface area (Å²) in [5.41, 5.74) is 1.18. The summed E-state index contributed by atoms with van der Waals surface area (Å²) in [6.07, 6.45) is 0.421. The molecule has 1 aliphatic heterocycles. The zero-order valence-electron chi connectivity index (χ0n) is 12.0. The molecule has 4 nitrogen and oxygen atoms in total. The second-order valence-electron chi connectivity index (χ2n) is 5.17. The first-order valence-electron chi connectivity index (χ1n) is 6.97. The maximum absolute atomic E-state index is 12.1. The molecule has 0 aromatic heterocycles. The lowest BCUT2D eigenvalue weighted by Gasteiger charge is -2.34. The molecule has 0 bridgehead atoms. The Morgan fingerprint density at radius 1 is 1.55 bits per heavy atom. The van der Waals surface area contributed by atoms with Gasteiger partial charge in [0.15, 0.2) is 0 Å². The quantitative estimate of drug-likeness (QED) is 0.914. The number of carbonyl (C=O) groups excluding carboxylic acids is 1. The van der Waals surface area contributed by atoms with Crippen LogP contribution in [-0.2, 0) is 4.79 Å². The summed E-state index contributed by atoms with van der Waals surface area (Å²) in [5, 5.41) is 3.28. The standard InChI is InChI=1S/C15H21BrN2O2/c1-11-3-4-14(13(16)9-11)20-8-5-15(19)18-7-6-17-10-12(18)2/h3-4,9,12,17H,5-8,10H2,1-2H3. The molecule has 5 heteroatoms. The largest absolute Gasteiger partial charge is 0.492 e. The van der Waals surface area contributed by atoms with Crippen LogP contribution in [0.2, 0.25) is 0 Å². The van der Waals surface area contributed by atoms with Crippen LogP contribution in [-0.4, -0.2) is 43.1 Å². The fourth-order valence-electron chi connectivity index (χ4n) is 2.33. The summed E-state index contributed by atoms with van der Waals surface area (Å²) in [6, 6.07) is 6.20. The predicted octanol–water partition coefficient (Wildman–Crippen LogP) is 2.35. The van der Waals surface area contributed by atoms with Crippen molar-refractivity contribution in [3.63, 3.8) is 0 Å². The van der Waals surface area contributed by atoms with E-state index in [1.807, 2.05) is 30.0 Å². The Bertz CT molecular complexity index is 479. The van der Waals surface area contributed by atoms with Crippen molar-refractivity contribution in [2.75, 3.05) is 26.2 Å². The maximum Gasteiger partial charge on any atom is 0.226 e. The summed E-state index contributed by atoms with van der Waals surface area (Å²) in [7, 11) is 0. The Labute approximate surface area is 128 Å². The van der Waals surface area contributed by atoms with Crippen molar-refractivity contribution < 1.29 is 9.53 Å². The summed E-state index contributed by atoms with van der Waals surface area (Å²) in [5.74, 6) is 0.957. The van der Waals surface area contributed by atoms with E-state index in [2.05, 4.69) is 28.2 Å². The van der Waals surface area contributed by atoms with E-state index in [0.717, 1.165) is 29.9 Å². The zero-order valence-corrected chi connectivity index (χ0v) is 13.6. The van der Waals surface area contributed by atoms with Crippen LogP contribution in [0.5, 0.6) is 5.75 Å². The lowest BCUT2D eigenvalue weighted by atomic mass is 10.2. The summed E-state index contributed by atoms with van der Waals surface area (Å²) in [6.45, 7) is 7.05. The molecule has 20 heavy (non-hydrogen) atoms. The number of nitrogens with zero attached hydrogens (tertiary/aromatic N) is 1. The van der Waals surface area contributed by atoms with Gasteiger partial charge in [0.25, 0.3) is 0 Å². The molecular weight excluding hydrogens is 320 g/mol. The van der Waals surface area contributed by atoms with Gasteiger partial charge in [-0.2, -0.15) is 0 Å². The van der Waals surface area contributed by atoms with Crippen LogP contribution in [0.25, 0.3) is 0 Å². The van der Waals surface area contributed by atoms with Gasteiger partial charge in [0.1, 0.15) is 5.75 Å². The third-order valence-electron chi connectivity index (χ3n) is 3.48. The normalized spacial score (nSPS) is 18.9. The van der Waals surface area contributed by atoms with E-state index in [0.29, 0.717) is 13.0 Å². The van der Waals surface area contributed by atoms with Crippen molar-refractivity contribution in [1.82, 2.24) is 10.2 Å². The van der Waals surface area contributed by atoms with Crippen molar-refractivity contribution in [3.05, 3.63) is 28.2 Å². The van der Waals surface area contributed by atoms with E-state index in [4.69, 9.17) is 4.74 Å². The fourth-order valence-corrected chi connectivity index (χ4v) is 2.93. The second kappa shape index (κ2) is 7.09. The SMILES string of the molecule is Cc1ccc(OCCC(=O)N2CCNCC2C)c(Br)c1. The highest BCUT2D eigenvalue weighted by atomic mass is 79.9. The van der Waals surface area contributed by atoms with Gasteiger partial charge >= 0.3 is 0 Å².